The fraction of sp³-hybridized carbons (Fsp3) is 0.500. The Morgan fingerprint density at radius 3 is 1.53 bits per heavy atom. The Kier molecular flexibility index (Phi) is 22.4. The van der Waals surface area contributed by atoms with Crippen LogP contribution in [0, 0.1) is 0 Å². The van der Waals surface area contributed by atoms with Crippen molar-refractivity contribution < 1.29 is 36.7 Å². The smallest absolute Gasteiger partial charge is 0.335 e. The van der Waals surface area contributed by atoms with E-state index in [1.54, 1.807) is 27.7 Å². The van der Waals surface area contributed by atoms with Gasteiger partial charge < -0.3 is 44.0 Å². The van der Waals surface area contributed by atoms with Gasteiger partial charge in [-0.05, 0) is 78.7 Å². The molecule has 2 aromatic carbocycles. The van der Waals surface area contributed by atoms with Gasteiger partial charge in [0.05, 0.1) is 65.1 Å². The highest BCUT2D eigenvalue weighted by Gasteiger charge is 2.26. The summed E-state index contributed by atoms with van der Waals surface area (Å²) in [5.74, 6) is 0.421. The van der Waals surface area contributed by atoms with Gasteiger partial charge in [-0.25, -0.2) is 9.78 Å². The number of hydrogen-bond donors (Lipinski definition) is 3. The SMILES string of the molecule is C.C.CCCCOc1nc(N)c2[nH]c(=O)n(Cc3cccc(CP(=O)(OCC)OCC)c3)c2n1.CCCCOc1nc(N)c2nc(Br)n(Cc3cccc(CP(=O)(OCC)OCC)c3)c2n1. The first kappa shape index (κ1) is 55.6. The second-order valence-corrected chi connectivity index (χ2v) is 19.2. The van der Waals surface area contributed by atoms with Gasteiger partial charge in [-0.15, -0.1) is 0 Å². The maximum absolute atomic E-state index is 12.9. The number of nitrogens with two attached hydrogens (primary N) is 2. The minimum Gasteiger partial charge on any atom is -0.463 e. The summed E-state index contributed by atoms with van der Waals surface area (Å²) in [6.07, 6.45) is 4.11. The van der Waals surface area contributed by atoms with Crippen molar-refractivity contribution in [1.82, 2.24) is 39.0 Å². The second kappa shape index (κ2) is 26.6. The Hall–Kier alpha value is -4.68. The van der Waals surface area contributed by atoms with Crippen LogP contribution in [0.5, 0.6) is 12.0 Å². The highest BCUT2D eigenvalue weighted by atomic mass is 79.9. The van der Waals surface area contributed by atoms with Crippen molar-refractivity contribution >= 4 is 65.1 Å². The first-order chi connectivity index (χ1) is 30.8. The molecule has 6 aromatic rings. The number of rotatable bonds is 24. The quantitative estimate of drug-likeness (QED) is 0.0290. The van der Waals surface area contributed by atoms with E-state index in [1.807, 2.05) is 53.1 Å². The number of nitrogen functional groups attached to an aromatic ring is 2. The van der Waals surface area contributed by atoms with Gasteiger partial charge in [0.25, 0.3) is 0 Å². The maximum Gasteiger partial charge on any atom is 0.335 e. The Morgan fingerprint density at radius 2 is 1.06 bits per heavy atom. The summed E-state index contributed by atoms with van der Waals surface area (Å²) in [6.45, 7) is 14.3. The number of nitrogens with one attached hydrogen (secondary N) is 1. The molecule has 4 heterocycles. The lowest BCUT2D eigenvalue weighted by molar-refractivity contribution is 0.218. The van der Waals surface area contributed by atoms with Crippen LogP contribution < -0.4 is 26.6 Å². The summed E-state index contributed by atoms with van der Waals surface area (Å²) in [7, 11) is -6.42. The molecule has 0 fully saturated rings. The number of halogens is 1. The van der Waals surface area contributed by atoms with Crippen LogP contribution in [0.1, 0.15) is 104 Å². The van der Waals surface area contributed by atoms with Crippen molar-refractivity contribution in [3.63, 3.8) is 0 Å². The average Bonchev–Trinajstić information content (AvgIpc) is 3.73. The fourth-order valence-corrected chi connectivity index (χ4v) is 10.4. The number of imidazole rings is 2. The fourth-order valence-electron chi connectivity index (χ4n) is 6.55. The lowest BCUT2D eigenvalue weighted by Gasteiger charge is -2.17. The number of nitrogens with zero attached hydrogens (tertiary/aromatic N) is 7. The van der Waals surface area contributed by atoms with Crippen molar-refractivity contribution in [3.8, 4) is 12.0 Å². The van der Waals surface area contributed by atoms with Crippen molar-refractivity contribution in [2.24, 2.45) is 0 Å². The first-order valence-corrected chi connectivity index (χ1v) is 25.6. The van der Waals surface area contributed by atoms with Gasteiger partial charge in [-0.1, -0.05) is 90.1 Å². The van der Waals surface area contributed by atoms with Crippen LogP contribution >= 0.6 is 31.1 Å². The molecule has 5 N–H and O–H groups in total. The summed E-state index contributed by atoms with van der Waals surface area (Å²) in [5.41, 5.74) is 17.0. The molecule has 22 heteroatoms. The molecule has 0 bridgehead atoms. The van der Waals surface area contributed by atoms with E-state index in [-0.39, 0.29) is 63.1 Å². The summed E-state index contributed by atoms with van der Waals surface area (Å²) < 4.78 is 62.6. The Bertz CT molecular complexity index is 2600. The number of benzene rings is 2. The highest BCUT2D eigenvalue weighted by Crippen LogP contribution is 2.52. The highest BCUT2D eigenvalue weighted by molar-refractivity contribution is 9.10. The van der Waals surface area contributed by atoms with Crippen LogP contribution in [0.3, 0.4) is 0 Å². The molecule has 0 aliphatic heterocycles. The molecule has 6 rings (SSSR count). The predicted octanol–water partition coefficient (Wildman–Crippen LogP) is 10.1. The second-order valence-electron chi connectivity index (χ2n) is 14.4. The van der Waals surface area contributed by atoms with Gasteiger partial charge in [0.2, 0.25) is 0 Å². The van der Waals surface area contributed by atoms with E-state index in [1.165, 1.54) is 4.57 Å². The number of aromatic nitrogens is 8. The largest absolute Gasteiger partial charge is 0.463 e. The summed E-state index contributed by atoms with van der Waals surface area (Å²) in [5, 5.41) is 0. The lowest BCUT2D eigenvalue weighted by Crippen LogP contribution is -2.18. The summed E-state index contributed by atoms with van der Waals surface area (Å²) in [6, 6.07) is 15.6. The molecule has 364 valence electrons. The molecule has 0 amide bonds. The zero-order valence-corrected chi connectivity index (χ0v) is 40.6. The van der Waals surface area contributed by atoms with E-state index < -0.39 is 15.2 Å². The van der Waals surface area contributed by atoms with Crippen molar-refractivity contribution in [1.29, 1.82) is 0 Å². The Morgan fingerprint density at radius 1 is 0.621 bits per heavy atom. The standard InChI is InChI=1S/C21H29BrN5O4P.C21H30N5O5P.2CH4/c1-4-7-11-29-21-25-18(23)17-19(26-21)27(20(22)24-17)13-15-9-8-10-16(12-15)14-32(28,30-5-2)31-6-3;1-4-7-11-29-20-24-18(22)17-19(25-20)26(21(27)23-17)13-15-9-8-10-16(12-15)14-32(28,30-5-2)31-6-3;;/h8-10,12H,4-7,11,13-14H2,1-3H3,(H2,23,25,26);8-10,12H,4-7,11,13-14H2,1-3H3,(H,23,27)(H2,22,24,25);2*1H4. The molecule has 0 radical (unpaired) electrons. The Labute approximate surface area is 395 Å². The van der Waals surface area contributed by atoms with Gasteiger partial charge in [-0.3, -0.25) is 18.3 Å². The van der Waals surface area contributed by atoms with E-state index in [0.717, 1.165) is 47.9 Å². The number of hydrogen-bond acceptors (Lipinski definition) is 16. The summed E-state index contributed by atoms with van der Waals surface area (Å²) in [4.78, 5) is 37.0. The van der Waals surface area contributed by atoms with Crippen molar-refractivity contribution in [2.45, 2.75) is 107 Å². The third kappa shape index (κ3) is 15.2. The van der Waals surface area contributed by atoms with Crippen molar-refractivity contribution in [3.05, 3.63) is 86.0 Å². The first-order valence-electron chi connectivity index (χ1n) is 21.4. The Balaban J connectivity index is 0.000000340. The molecule has 19 nitrogen and oxygen atoms in total. The molecular formula is C44H67BrN10O9P2. The van der Waals surface area contributed by atoms with Crippen LogP contribution in [0.2, 0.25) is 0 Å². The molecule has 4 aromatic heterocycles. The van der Waals surface area contributed by atoms with Gasteiger partial charge in [0, 0.05) is 0 Å². The van der Waals surface area contributed by atoms with E-state index in [2.05, 4.69) is 59.7 Å². The number of ether oxygens (including phenoxy) is 2. The number of unbranched alkanes of at least 4 members (excludes halogenated alkanes) is 2. The minimum absolute atomic E-state index is 0. The van der Waals surface area contributed by atoms with Crippen LogP contribution in [-0.2, 0) is 52.6 Å². The monoisotopic (exact) mass is 1020 g/mol. The maximum atomic E-state index is 12.9. The van der Waals surface area contributed by atoms with E-state index in [4.69, 9.17) is 39.0 Å². The molecule has 0 aliphatic rings. The molecule has 0 atom stereocenters. The zero-order chi connectivity index (χ0) is 46.3. The summed E-state index contributed by atoms with van der Waals surface area (Å²) >= 11 is 3.50. The molecule has 0 aliphatic carbocycles. The lowest BCUT2D eigenvalue weighted by atomic mass is 10.1. The van der Waals surface area contributed by atoms with Crippen LogP contribution in [0.25, 0.3) is 22.3 Å². The van der Waals surface area contributed by atoms with E-state index in [9.17, 15) is 13.9 Å². The van der Waals surface area contributed by atoms with Gasteiger partial charge in [0.1, 0.15) is 5.52 Å². The third-order valence-corrected chi connectivity index (χ3v) is 14.1. The number of anilines is 2. The number of H-pyrrole nitrogens is 1. The molecule has 0 spiro atoms. The van der Waals surface area contributed by atoms with Crippen molar-refractivity contribution in [2.75, 3.05) is 51.1 Å². The zero-order valence-electron chi connectivity index (χ0n) is 37.3. The normalized spacial score (nSPS) is 11.5. The van der Waals surface area contributed by atoms with Crippen LogP contribution in [-0.4, -0.2) is 78.7 Å². The van der Waals surface area contributed by atoms with Gasteiger partial charge in [0.15, 0.2) is 33.2 Å². The number of fused-ring (bicyclic) bond motifs is 2. The van der Waals surface area contributed by atoms with E-state index >= 15 is 0 Å². The average molecular weight is 1020 g/mol. The molecule has 0 unspecified atom stereocenters. The van der Waals surface area contributed by atoms with E-state index in [0.29, 0.717) is 73.2 Å². The van der Waals surface area contributed by atoms with Crippen LogP contribution in [0.4, 0.5) is 11.6 Å². The van der Waals surface area contributed by atoms with Gasteiger partial charge >= 0.3 is 32.9 Å². The molecule has 0 saturated heterocycles. The third-order valence-electron chi connectivity index (χ3n) is 9.36. The molecule has 66 heavy (non-hydrogen) atoms. The van der Waals surface area contributed by atoms with Gasteiger partial charge in [-0.2, -0.15) is 19.9 Å². The minimum atomic E-state index is -3.24. The van der Waals surface area contributed by atoms with Crippen LogP contribution in [0.15, 0.2) is 58.1 Å². The topological polar surface area (TPSA) is 249 Å². The predicted molar refractivity (Wildman–Crippen MR) is 264 cm³/mol. The molecule has 0 saturated carbocycles. The number of aromatic amines is 1. The molecular weight excluding hydrogens is 954 g/mol.